The van der Waals surface area contributed by atoms with Crippen LogP contribution in [0.2, 0.25) is 0 Å². The van der Waals surface area contributed by atoms with Gasteiger partial charge in [0.2, 0.25) is 0 Å². The van der Waals surface area contributed by atoms with Gasteiger partial charge in [0.15, 0.2) is 0 Å². The van der Waals surface area contributed by atoms with Crippen molar-refractivity contribution in [1.82, 2.24) is 0 Å². The minimum atomic E-state index is 1.02. The van der Waals surface area contributed by atoms with E-state index in [0.29, 0.717) is 0 Å². The molecular weight excluding hydrogens is 420 g/mol. The molecule has 5 rings (SSSR count). The molecular formula is C19H10Br2S. The van der Waals surface area contributed by atoms with Crippen molar-refractivity contribution in [2.24, 2.45) is 0 Å². The number of hydrogen-bond donors (Lipinski definition) is 0. The maximum Gasteiger partial charge on any atom is 0.0448 e. The Morgan fingerprint density at radius 3 is 2.68 bits per heavy atom. The molecule has 1 heterocycles. The maximum atomic E-state index is 3.81. The standard InChI is InChI=1S/C19H10Br2S/c20-12-5-6-13-10(8-12)7-11-9-15(21)18-14-3-1-2-4-16(14)22-19(18)17(11)13/h1-6,8-9H,7H2. The zero-order valence-corrected chi connectivity index (χ0v) is 15.5. The molecule has 3 aromatic carbocycles. The lowest BCUT2D eigenvalue weighted by Gasteiger charge is -2.05. The summed E-state index contributed by atoms with van der Waals surface area (Å²) < 4.78 is 5.14. The molecule has 106 valence electrons. The van der Waals surface area contributed by atoms with Gasteiger partial charge in [-0.2, -0.15) is 0 Å². The second-order valence-corrected chi connectivity index (χ2v) is 8.50. The highest BCUT2D eigenvalue weighted by Crippen LogP contribution is 2.49. The third-order valence-electron chi connectivity index (χ3n) is 4.40. The average molecular weight is 430 g/mol. The summed E-state index contributed by atoms with van der Waals surface area (Å²) in [7, 11) is 0. The lowest BCUT2D eigenvalue weighted by Crippen LogP contribution is -1.81. The normalized spacial score (nSPS) is 12.8. The van der Waals surface area contributed by atoms with Gasteiger partial charge in [0.1, 0.15) is 0 Å². The number of fused-ring (bicyclic) bond motifs is 7. The number of benzene rings is 3. The maximum absolute atomic E-state index is 3.81. The van der Waals surface area contributed by atoms with Gasteiger partial charge >= 0.3 is 0 Å². The first-order valence-corrected chi connectivity index (χ1v) is 9.54. The monoisotopic (exact) mass is 428 g/mol. The van der Waals surface area contributed by atoms with E-state index in [-0.39, 0.29) is 0 Å². The molecule has 0 amide bonds. The lowest BCUT2D eigenvalue weighted by atomic mass is 10.0. The van der Waals surface area contributed by atoms with Gasteiger partial charge in [-0.05, 0) is 47.4 Å². The third kappa shape index (κ3) is 1.73. The molecule has 0 unspecified atom stereocenters. The van der Waals surface area contributed by atoms with Gasteiger partial charge in [0.05, 0.1) is 0 Å². The Morgan fingerprint density at radius 1 is 0.909 bits per heavy atom. The van der Waals surface area contributed by atoms with Gasteiger partial charge in [-0.25, -0.2) is 0 Å². The van der Waals surface area contributed by atoms with Gasteiger partial charge in [-0.15, -0.1) is 11.3 Å². The van der Waals surface area contributed by atoms with Crippen molar-refractivity contribution in [1.29, 1.82) is 0 Å². The first-order chi connectivity index (χ1) is 10.7. The first kappa shape index (κ1) is 13.3. The van der Waals surface area contributed by atoms with Crippen LogP contribution in [0, 0.1) is 0 Å². The van der Waals surface area contributed by atoms with E-state index in [1.54, 1.807) is 0 Å². The fourth-order valence-corrected chi connectivity index (χ4v) is 6.03. The Hall–Kier alpha value is -1.16. The molecule has 0 spiro atoms. The smallest absolute Gasteiger partial charge is 0.0448 e. The van der Waals surface area contributed by atoms with Crippen molar-refractivity contribution >= 4 is 63.4 Å². The van der Waals surface area contributed by atoms with Gasteiger partial charge in [0, 0.05) is 34.7 Å². The van der Waals surface area contributed by atoms with Crippen LogP contribution in [0.25, 0.3) is 31.3 Å². The molecule has 0 N–H and O–H groups in total. The minimum Gasteiger partial charge on any atom is -0.134 e. The fourth-order valence-electron chi connectivity index (χ4n) is 3.49. The van der Waals surface area contributed by atoms with Crippen LogP contribution in [0.3, 0.4) is 0 Å². The predicted molar refractivity (Wildman–Crippen MR) is 103 cm³/mol. The molecule has 3 heteroatoms. The van der Waals surface area contributed by atoms with E-state index in [4.69, 9.17) is 0 Å². The molecule has 0 radical (unpaired) electrons. The molecule has 0 nitrogen and oxygen atoms in total. The van der Waals surface area contributed by atoms with Crippen molar-refractivity contribution in [2.75, 3.05) is 0 Å². The predicted octanol–water partition coefficient (Wildman–Crippen LogP) is 7.15. The van der Waals surface area contributed by atoms with Crippen LogP contribution in [0.4, 0.5) is 0 Å². The lowest BCUT2D eigenvalue weighted by molar-refractivity contribution is 1.26. The Bertz CT molecular complexity index is 1080. The molecule has 22 heavy (non-hydrogen) atoms. The van der Waals surface area contributed by atoms with Crippen molar-refractivity contribution in [3.63, 3.8) is 0 Å². The molecule has 0 aliphatic heterocycles. The van der Waals surface area contributed by atoms with Gasteiger partial charge in [0.25, 0.3) is 0 Å². The topological polar surface area (TPSA) is 0 Å². The SMILES string of the molecule is Brc1ccc2c(c1)Cc1cc(Br)c3c(sc4ccccc43)c1-2. The highest BCUT2D eigenvalue weighted by Gasteiger charge is 2.24. The molecule has 0 atom stereocenters. The van der Waals surface area contributed by atoms with E-state index in [1.165, 1.54) is 46.9 Å². The third-order valence-corrected chi connectivity index (χ3v) is 6.71. The van der Waals surface area contributed by atoms with Crippen LogP contribution in [0.15, 0.2) is 57.5 Å². The zero-order valence-electron chi connectivity index (χ0n) is 11.5. The van der Waals surface area contributed by atoms with E-state index in [9.17, 15) is 0 Å². The zero-order chi connectivity index (χ0) is 14.8. The fraction of sp³-hybridized carbons (Fsp3) is 0.0526. The molecule has 1 aliphatic rings. The van der Waals surface area contributed by atoms with Crippen LogP contribution >= 0.6 is 43.2 Å². The Labute approximate surface area is 149 Å². The molecule has 0 saturated heterocycles. The molecule has 1 aromatic heterocycles. The summed E-state index contributed by atoms with van der Waals surface area (Å²) in [5.74, 6) is 0. The van der Waals surface area contributed by atoms with Crippen molar-refractivity contribution < 1.29 is 0 Å². The summed E-state index contributed by atoms with van der Waals surface area (Å²) in [5.41, 5.74) is 5.67. The highest BCUT2D eigenvalue weighted by atomic mass is 79.9. The second-order valence-electron chi connectivity index (χ2n) is 5.67. The van der Waals surface area contributed by atoms with Crippen LogP contribution in [-0.2, 0) is 6.42 Å². The molecule has 0 bridgehead atoms. The van der Waals surface area contributed by atoms with E-state index in [2.05, 4.69) is 80.4 Å². The van der Waals surface area contributed by atoms with Crippen LogP contribution in [0.1, 0.15) is 11.1 Å². The second kappa shape index (κ2) is 4.67. The average Bonchev–Trinajstić information content (AvgIpc) is 3.04. The van der Waals surface area contributed by atoms with Crippen molar-refractivity contribution in [2.45, 2.75) is 6.42 Å². The van der Waals surface area contributed by atoms with Crippen LogP contribution < -0.4 is 0 Å². The summed E-state index contributed by atoms with van der Waals surface area (Å²) in [6.07, 6.45) is 1.02. The number of halogens is 2. The summed E-state index contributed by atoms with van der Waals surface area (Å²) in [4.78, 5) is 0. The van der Waals surface area contributed by atoms with E-state index >= 15 is 0 Å². The largest absolute Gasteiger partial charge is 0.134 e. The van der Waals surface area contributed by atoms with E-state index < -0.39 is 0 Å². The summed E-state index contributed by atoms with van der Waals surface area (Å²) in [6, 6.07) is 17.7. The molecule has 0 saturated carbocycles. The molecule has 4 aromatic rings. The molecule has 0 fully saturated rings. The van der Waals surface area contributed by atoms with Crippen LogP contribution in [0.5, 0.6) is 0 Å². The van der Waals surface area contributed by atoms with Gasteiger partial charge < -0.3 is 0 Å². The Morgan fingerprint density at radius 2 is 1.77 bits per heavy atom. The summed E-state index contributed by atoms with van der Waals surface area (Å²) in [6.45, 7) is 0. The summed E-state index contributed by atoms with van der Waals surface area (Å²) in [5, 5.41) is 2.71. The van der Waals surface area contributed by atoms with Crippen molar-refractivity contribution in [3.05, 3.63) is 68.6 Å². The molecule has 1 aliphatic carbocycles. The van der Waals surface area contributed by atoms with E-state index in [0.717, 1.165) is 10.9 Å². The number of hydrogen-bond acceptors (Lipinski definition) is 1. The minimum absolute atomic E-state index is 1.02. The highest BCUT2D eigenvalue weighted by molar-refractivity contribution is 9.11. The quantitative estimate of drug-likeness (QED) is 0.245. The summed E-state index contributed by atoms with van der Waals surface area (Å²) >= 11 is 9.31. The number of rotatable bonds is 0. The Kier molecular flexibility index (Phi) is 2.82. The van der Waals surface area contributed by atoms with Gasteiger partial charge in [-0.1, -0.05) is 56.1 Å². The first-order valence-electron chi connectivity index (χ1n) is 7.14. The van der Waals surface area contributed by atoms with Crippen LogP contribution in [-0.4, -0.2) is 0 Å². The Balaban J connectivity index is 1.98. The van der Waals surface area contributed by atoms with Crippen molar-refractivity contribution in [3.8, 4) is 11.1 Å². The number of thiophene rings is 1. The van der Waals surface area contributed by atoms with E-state index in [1.807, 2.05) is 11.3 Å². The van der Waals surface area contributed by atoms with Gasteiger partial charge in [-0.3, -0.25) is 0 Å².